The number of hydrogen-bond acceptors (Lipinski definition) is 4. The molecule has 1 aromatic rings. The maximum atomic E-state index is 12.7. The molecule has 1 N–H and O–H groups in total. The molecule has 1 aliphatic heterocycles. The van der Waals surface area contributed by atoms with Crippen LogP contribution in [0.25, 0.3) is 0 Å². The Bertz CT molecular complexity index is 549. The average Bonchev–Trinajstić information content (AvgIpc) is 2.67. The number of hydrogen-bond donors (Lipinski definition) is 1. The van der Waals surface area contributed by atoms with E-state index in [-0.39, 0.29) is 4.90 Å². The SMILES string of the molecule is CCCNCc1cc(S(=O)(=O)N2CCCCCC2)c(Br)o1. The summed E-state index contributed by atoms with van der Waals surface area (Å²) in [6.45, 7) is 4.71. The smallest absolute Gasteiger partial charge is 0.247 e. The van der Waals surface area contributed by atoms with Crippen LogP contribution in [0.3, 0.4) is 0 Å². The fourth-order valence-electron chi connectivity index (χ4n) is 2.47. The molecule has 21 heavy (non-hydrogen) atoms. The van der Waals surface area contributed by atoms with Gasteiger partial charge in [-0.25, -0.2) is 8.42 Å². The highest BCUT2D eigenvalue weighted by Gasteiger charge is 2.29. The lowest BCUT2D eigenvalue weighted by molar-refractivity contribution is 0.420. The zero-order valence-electron chi connectivity index (χ0n) is 12.4. The van der Waals surface area contributed by atoms with Crippen LogP contribution in [0.4, 0.5) is 0 Å². The van der Waals surface area contributed by atoms with Crippen LogP contribution in [-0.2, 0) is 16.6 Å². The summed E-state index contributed by atoms with van der Waals surface area (Å²) in [5.74, 6) is 0.642. The van der Waals surface area contributed by atoms with E-state index in [2.05, 4.69) is 28.2 Å². The second-order valence-corrected chi connectivity index (χ2v) is 7.97. The molecule has 7 heteroatoms. The van der Waals surface area contributed by atoms with Gasteiger partial charge in [0.15, 0.2) is 4.67 Å². The highest BCUT2D eigenvalue weighted by atomic mass is 79.9. The van der Waals surface area contributed by atoms with E-state index >= 15 is 0 Å². The van der Waals surface area contributed by atoms with Crippen molar-refractivity contribution in [2.24, 2.45) is 0 Å². The summed E-state index contributed by atoms with van der Waals surface area (Å²) in [5, 5.41) is 3.21. The van der Waals surface area contributed by atoms with Crippen molar-refractivity contribution in [1.82, 2.24) is 9.62 Å². The molecule has 0 radical (unpaired) electrons. The number of nitrogens with zero attached hydrogens (tertiary/aromatic N) is 1. The first-order valence-corrected chi connectivity index (χ1v) is 9.78. The molecule has 0 amide bonds. The van der Waals surface area contributed by atoms with Gasteiger partial charge in [0.05, 0.1) is 6.54 Å². The molecule has 120 valence electrons. The summed E-state index contributed by atoms with van der Waals surface area (Å²) in [7, 11) is -3.46. The van der Waals surface area contributed by atoms with Gasteiger partial charge < -0.3 is 9.73 Å². The summed E-state index contributed by atoms with van der Waals surface area (Å²) in [6, 6.07) is 1.63. The lowest BCUT2D eigenvalue weighted by Gasteiger charge is -2.18. The molecular weight excluding hydrogens is 356 g/mol. The van der Waals surface area contributed by atoms with E-state index in [1.807, 2.05) is 0 Å². The first-order chi connectivity index (χ1) is 10.1. The van der Waals surface area contributed by atoms with Crippen molar-refractivity contribution in [3.05, 3.63) is 16.5 Å². The van der Waals surface area contributed by atoms with Crippen LogP contribution < -0.4 is 5.32 Å². The van der Waals surface area contributed by atoms with Crippen LogP contribution in [0.2, 0.25) is 0 Å². The lowest BCUT2D eigenvalue weighted by atomic mass is 10.2. The Labute approximate surface area is 135 Å². The quantitative estimate of drug-likeness (QED) is 0.772. The third-order valence-corrected chi connectivity index (χ3v) is 6.37. The summed E-state index contributed by atoms with van der Waals surface area (Å²) >= 11 is 3.25. The van der Waals surface area contributed by atoms with Crippen molar-refractivity contribution in [2.75, 3.05) is 19.6 Å². The Morgan fingerprint density at radius 1 is 1.29 bits per heavy atom. The monoisotopic (exact) mass is 378 g/mol. The topological polar surface area (TPSA) is 62.6 Å². The van der Waals surface area contributed by atoms with Crippen molar-refractivity contribution >= 4 is 26.0 Å². The van der Waals surface area contributed by atoms with Crippen LogP contribution in [-0.4, -0.2) is 32.4 Å². The van der Waals surface area contributed by atoms with Crippen molar-refractivity contribution in [2.45, 2.75) is 50.5 Å². The van der Waals surface area contributed by atoms with Gasteiger partial charge in [-0.15, -0.1) is 0 Å². The normalized spacial score (nSPS) is 17.8. The molecule has 0 bridgehead atoms. The van der Waals surface area contributed by atoms with Gasteiger partial charge in [-0.05, 0) is 41.7 Å². The first kappa shape index (κ1) is 17.0. The maximum absolute atomic E-state index is 12.7. The molecule has 1 aliphatic rings. The number of nitrogens with one attached hydrogen (secondary N) is 1. The molecular formula is C14H23BrN2O3S. The fourth-order valence-corrected chi connectivity index (χ4v) is 4.95. The number of halogens is 1. The summed E-state index contributed by atoms with van der Waals surface area (Å²) < 4.78 is 32.8. The van der Waals surface area contributed by atoms with E-state index in [1.165, 1.54) is 0 Å². The first-order valence-electron chi connectivity index (χ1n) is 7.54. The van der Waals surface area contributed by atoms with Gasteiger partial charge in [-0.1, -0.05) is 19.8 Å². The fraction of sp³-hybridized carbons (Fsp3) is 0.714. The third kappa shape index (κ3) is 4.31. The second-order valence-electron chi connectivity index (χ2n) is 5.35. The van der Waals surface area contributed by atoms with Crippen LogP contribution in [0.5, 0.6) is 0 Å². The lowest BCUT2D eigenvalue weighted by Crippen LogP contribution is -2.31. The number of sulfonamides is 1. The molecule has 0 saturated carbocycles. The van der Waals surface area contributed by atoms with E-state index < -0.39 is 10.0 Å². The minimum Gasteiger partial charge on any atom is -0.452 e. The van der Waals surface area contributed by atoms with Crippen LogP contribution in [0.15, 0.2) is 20.0 Å². The molecule has 5 nitrogen and oxygen atoms in total. The predicted octanol–water partition coefficient (Wildman–Crippen LogP) is 3.11. The Morgan fingerprint density at radius 2 is 1.95 bits per heavy atom. The second kappa shape index (κ2) is 7.76. The van der Waals surface area contributed by atoms with E-state index in [1.54, 1.807) is 10.4 Å². The number of furan rings is 1. The Balaban J connectivity index is 2.15. The van der Waals surface area contributed by atoms with Gasteiger partial charge in [0, 0.05) is 19.2 Å². The average molecular weight is 379 g/mol. The summed E-state index contributed by atoms with van der Waals surface area (Å²) in [6.07, 6.45) is 5.09. The van der Waals surface area contributed by atoms with Gasteiger partial charge in [0.1, 0.15) is 10.7 Å². The predicted molar refractivity (Wildman–Crippen MR) is 85.6 cm³/mol. The zero-order chi connectivity index (χ0) is 15.3. The molecule has 0 unspecified atom stereocenters. The van der Waals surface area contributed by atoms with Crippen molar-refractivity contribution in [3.8, 4) is 0 Å². The highest BCUT2D eigenvalue weighted by molar-refractivity contribution is 9.10. The van der Waals surface area contributed by atoms with E-state index in [4.69, 9.17) is 4.42 Å². The maximum Gasteiger partial charge on any atom is 0.247 e. The Hall–Kier alpha value is -0.370. The molecule has 0 aromatic carbocycles. The summed E-state index contributed by atoms with van der Waals surface area (Å²) in [5.41, 5.74) is 0. The molecule has 0 aliphatic carbocycles. The van der Waals surface area contributed by atoms with Crippen molar-refractivity contribution in [1.29, 1.82) is 0 Å². The van der Waals surface area contributed by atoms with Crippen molar-refractivity contribution < 1.29 is 12.8 Å². The molecule has 1 fully saturated rings. The third-order valence-electron chi connectivity index (χ3n) is 3.62. The molecule has 0 spiro atoms. The Morgan fingerprint density at radius 3 is 2.57 bits per heavy atom. The van der Waals surface area contributed by atoms with Gasteiger partial charge in [-0.2, -0.15) is 4.31 Å². The van der Waals surface area contributed by atoms with Crippen LogP contribution >= 0.6 is 15.9 Å². The van der Waals surface area contributed by atoms with Gasteiger partial charge in [0.2, 0.25) is 10.0 Å². The van der Waals surface area contributed by atoms with Crippen LogP contribution in [0, 0.1) is 0 Å². The van der Waals surface area contributed by atoms with E-state index in [0.717, 1.165) is 38.6 Å². The minimum atomic E-state index is -3.46. The minimum absolute atomic E-state index is 0.248. The standard InChI is InChI=1S/C14H23BrN2O3S/c1-2-7-16-11-12-10-13(14(15)20-12)21(18,19)17-8-5-3-4-6-9-17/h10,16H,2-9,11H2,1H3. The van der Waals surface area contributed by atoms with Crippen molar-refractivity contribution in [3.63, 3.8) is 0 Å². The zero-order valence-corrected chi connectivity index (χ0v) is 14.8. The van der Waals surface area contributed by atoms with Crippen LogP contribution in [0.1, 0.15) is 44.8 Å². The molecule has 2 rings (SSSR count). The molecule has 1 aromatic heterocycles. The summed E-state index contributed by atoms with van der Waals surface area (Å²) in [4.78, 5) is 0.248. The molecule has 1 saturated heterocycles. The van der Waals surface area contributed by atoms with E-state index in [0.29, 0.717) is 30.1 Å². The largest absolute Gasteiger partial charge is 0.452 e. The number of rotatable bonds is 6. The van der Waals surface area contributed by atoms with Gasteiger partial charge >= 0.3 is 0 Å². The molecule has 0 atom stereocenters. The molecule has 2 heterocycles. The van der Waals surface area contributed by atoms with Gasteiger partial charge in [0.25, 0.3) is 0 Å². The van der Waals surface area contributed by atoms with Gasteiger partial charge in [-0.3, -0.25) is 0 Å². The van der Waals surface area contributed by atoms with E-state index in [9.17, 15) is 8.42 Å². The highest BCUT2D eigenvalue weighted by Crippen LogP contribution is 2.30. The Kier molecular flexibility index (Phi) is 6.28.